The first-order valence-electron chi connectivity index (χ1n) is 7.10. The van der Waals surface area contributed by atoms with Crippen LogP contribution in [0.1, 0.15) is 6.42 Å². The maximum absolute atomic E-state index is 13.1. The molecular formula is C16H13BrFNO4S. The molecule has 0 N–H and O–H groups in total. The summed E-state index contributed by atoms with van der Waals surface area (Å²) in [6.45, 7) is -0.176. The lowest BCUT2D eigenvalue weighted by atomic mass is 10.2. The Balaban J connectivity index is 1.73. The fourth-order valence-electron chi connectivity index (χ4n) is 2.45. The molecule has 1 amide bonds. The average Bonchev–Trinajstić information content (AvgIpc) is 2.93. The fraction of sp³-hybridized carbons (Fsp3) is 0.188. The highest BCUT2D eigenvalue weighted by Gasteiger charge is 2.39. The van der Waals surface area contributed by atoms with Gasteiger partial charge in [0.15, 0.2) is 0 Å². The van der Waals surface area contributed by atoms with E-state index in [0.717, 1.165) is 4.47 Å². The lowest BCUT2D eigenvalue weighted by Gasteiger charge is -2.16. The van der Waals surface area contributed by atoms with Crippen molar-refractivity contribution < 1.29 is 21.8 Å². The number of nitrogens with zero attached hydrogens (tertiary/aromatic N) is 1. The number of rotatable bonds is 4. The van der Waals surface area contributed by atoms with Gasteiger partial charge in [-0.2, -0.15) is 8.42 Å². The summed E-state index contributed by atoms with van der Waals surface area (Å²) in [5.74, 6) is 0.817. The van der Waals surface area contributed by atoms with Crippen molar-refractivity contribution in [2.75, 3.05) is 11.4 Å². The van der Waals surface area contributed by atoms with E-state index in [1.807, 2.05) is 12.1 Å². The van der Waals surface area contributed by atoms with Gasteiger partial charge in [0.2, 0.25) is 5.91 Å². The van der Waals surface area contributed by atoms with Gasteiger partial charge in [-0.1, -0.05) is 15.9 Å². The molecule has 1 saturated heterocycles. The van der Waals surface area contributed by atoms with E-state index in [2.05, 4.69) is 15.9 Å². The van der Waals surface area contributed by atoms with E-state index < -0.39 is 21.4 Å². The van der Waals surface area contributed by atoms with E-state index >= 15 is 0 Å². The van der Waals surface area contributed by atoms with E-state index in [-0.39, 0.29) is 13.0 Å². The SMILES string of the molecule is O=C1CC(S(=O)(=O)F)CN1c1ccc(Oc2ccc(Br)cc2)cc1. The van der Waals surface area contributed by atoms with Gasteiger partial charge in [0.05, 0.1) is 0 Å². The number of hydrogen-bond donors (Lipinski definition) is 0. The van der Waals surface area contributed by atoms with Crippen molar-refractivity contribution in [3.05, 3.63) is 53.0 Å². The number of anilines is 1. The highest BCUT2D eigenvalue weighted by molar-refractivity contribution is 9.10. The molecule has 0 bridgehead atoms. The van der Waals surface area contributed by atoms with Gasteiger partial charge in [0.25, 0.3) is 0 Å². The second-order valence-electron chi connectivity index (χ2n) is 5.36. The Morgan fingerprint density at radius 2 is 1.58 bits per heavy atom. The summed E-state index contributed by atoms with van der Waals surface area (Å²) < 4.78 is 41.6. The molecule has 1 atom stereocenters. The minimum Gasteiger partial charge on any atom is -0.457 e. The summed E-state index contributed by atoms with van der Waals surface area (Å²) in [5, 5.41) is -1.30. The summed E-state index contributed by atoms with van der Waals surface area (Å²) in [5.41, 5.74) is 0.509. The third kappa shape index (κ3) is 3.76. The molecule has 1 aliphatic heterocycles. The molecule has 0 radical (unpaired) electrons. The van der Waals surface area contributed by atoms with Crippen LogP contribution in [0, 0.1) is 0 Å². The van der Waals surface area contributed by atoms with E-state index in [9.17, 15) is 17.1 Å². The monoisotopic (exact) mass is 413 g/mol. The second kappa shape index (κ2) is 6.52. The summed E-state index contributed by atoms with van der Waals surface area (Å²) in [7, 11) is -4.72. The quantitative estimate of drug-likeness (QED) is 0.717. The third-order valence-electron chi connectivity index (χ3n) is 3.69. The molecule has 0 aliphatic carbocycles. The molecule has 1 aliphatic rings. The first-order chi connectivity index (χ1) is 11.3. The first kappa shape index (κ1) is 16.9. The van der Waals surface area contributed by atoms with E-state index in [4.69, 9.17) is 4.74 Å². The highest BCUT2D eigenvalue weighted by atomic mass is 79.9. The van der Waals surface area contributed by atoms with Crippen LogP contribution in [0.5, 0.6) is 11.5 Å². The Bertz CT molecular complexity index is 853. The van der Waals surface area contributed by atoms with Gasteiger partial charge >= 0.3 is 10.2 Å². The highest BCUT2D eigenvalue weighted by Crippen LogP contribution is 2.29. The lowest BCUT2D eigenvalue weighted by Crippen LogP contribution is -2.26. The molecule has 1 heterocycles. The van der Waals surface area contributed by atoms with E-state index in [1.54, 1.807) is 36.4 Å². The summed E-state index contributed by atoms with van der Waals surface area (Å²) in [4.78, 5) is 13.2. The van der Waals surface area contributed by atoms with Crippen LogP contribution in [-0.2, 0) is 15.0 Å². The average molecular weight is 414 g/mol. The van der Waals surface area contributed by atoms with Crippen LogP contribution in [0.25, 0.3) is 0 Å². The Labute approximate surface area is 147 Å². The van der Waals surface area contributed by atoms with Gasteiger partial charge in [0.1, 0.15) is 16.7 Å². The number of amides is 1. The third-order valence-corrected chi connectivity index (χ3v) is 5.33. The van der Waals surface area contributed by atoms with Gasteiger partial charge in [-0.3, -0.25) is 4.79 Å². The molecule has 126 valence electrons. The Morgan fingerprint density at radius 3 is 2.08 bits per heavy atom. The van der Waals surface area contributed by atoms with Crippen LogP contribution in [0.3, 0.4) is 0 Å². The van der Waals surface area contributed by atoms with Crippen LogP contribution >= 0.6 is 15.9 Å². The molecule has 2 aromatic rings. The zero-order chi connectivity index (χ0) is 17.3. The number of carbonyl (C=O) groups excluding carboxylic acids is 1. The second-order valence-corrected chi connectivity index (χ2v) is 7.89. The van der Waals surface area contributed by atoms with Crippen LogP contribution in [-0.4, -0.2) is 26.1 Å². The van der Waals surface area contributed by atoms with E-state index in [0.29, 0.717) is 17.2 Å². The first-order valence-corrected chi connectivity index (χ1v) is 9.34. The molecule has 2 aromatic carbocycles. The molecule has 1 unspecified atom stereocenters. The predicted octanol–water partition coefficient (Wildman–Crippen LogP) is 3.65. The van der Waals surface area contributed by atoms with E-state index in [1.165, 1.54) is 4.90 Å². The number of hydrogen-bond acceptors (Lipinski definition) is 4. The van der Waals surface area contributed by atoms with Gasteiger partial charge in [-0.25, -0.2) is 0 Å². The van der Waals surface area contributed by atoms with Crippen LogP contribution < -0.4 is 9.64 Å². The molecule has 0 spiro atoms. The normalized spacial score (nSPS) is 18.0. The molecule has 24 heavy (non-hydrogen) atoms. The maximum Gasteiger partial charge on any atom is 0.307 e. The van der Waals surface area contributed by atoms with Crippen molar-refractivity contribution >= 4 is 37.7 Å². The Morgan fingerprint density at radius 1 is 1.04 bits per heavy atom. The van der Waals surface area contributed by atoms with Gasteiger partial charge in [0, 0.05) is 23.1 Å². The fourth-order valence-corrected chi connectivity index (χ4v) is 3.38. The predicted molar refractivity (Wildman–Crippen MR) is 91.4 cm³/mol. The zero-order valence-corrected chi connectivity index (χ0v) is 14.8. The molecule has 0 aromatic heterocycles. The Hall–Kier alpha value is -1.93. The summed E-state index contributed by atoms with van der Waals surface area (Å²) in [6.07, 6.45) is -0.337. The van der Waals surface area contributed by atoms with Crippen molar-refractivity contribution in [1.29, 1.82) is 0 Å². The lowest BCUT2D eigenvalue weighted by molar-refractivity contribution is -0.117. The topological polar surface area (TPSA) is 63.7 Å². The van der Waals surface area contributed by atoms with Gasteiger partial charge in [-0.05, 0) is 48.5 Å². The number of halogens is 2. The van der Waals surface area contributed by atoms with Crippen molar-refractivity contribution in [2.24, 2.45) is 0 Å². The number of benzene rings is 2. The molecule has 0 saturated carbocycles. The molecule has 5 nitrogen and oxygen atoms in total. The maximum atomic E-state index is 13.1. The molecule has 3 rings (SSSR count). The molecule has 8 heteroatoms. The van der Waals surface area contributed by atoms with Crippen LogP contribution in [0.4, 0.5) is 9.57 Å². The summed E-state index contributed by atoms with van der Waals surface area (Å²) in [6, 6.07) is 13.9. The smallest absolute Gasteiger partial charge is 0.307 e. The standard InChI is InChI=1S/C16H13BrFNO4S/c17-11-1-5-13(6-2-11)23-14-7-3-12(4-8-14)19-10-15(9-16(19)20)24(18,21)22/h1-8,15H,9-10H2. The van der Waals surface area contributed by atoms with Crippen molar-refractivity contribution in [3.63, 3.8) is 0 Å². The van der Waals surface area contributed by atoms with Gasteiger partial charge in [-0.15, -0.1) is 3.89 Å². The molecular weight excluding hydrogens is 401 g/mol. The molecule has 1 fully saturated rings. The van der Waals surface area contributed by atoms with Crippen molar-refractivity contribution in [3.8, 4) is 11.5 Å². The van der Waals surface area contributed by atoms with Crippen molar-refractivity contribution in [2.45, 2.75) is 11.7 Å². The van der Waals surface area contributed by atoms with Crippen LogP contribution in [0.15, 0.2) is 53.0 Å². The Kier molecular flexibility index (Phi) is 4.60. The van der Waals surface area contributed by atoms with Crippen molar-refractivity contribution in [1.82, 2.24) is 0 Å². The minimum absolute atomic E-state index is 0.176. The summed E-state index contributed by atoms with van der Waals surface area (Å²) >= 11 is 3.34. The van der Waals surface area contributed by atoms with Crippen LogP contribution in [0.2, 0.25) is 0 Å². The van der Waals surface area contributed by atoms with Gasteiger partial charge < -0.3 is 9.64 Å². The largest absolute Gasteiger partial charge is 0.457 e. The minimum atomic E-state index is -4.72. The number of carbonyl (C=O) groups is 1. The number of ether oxygens (including phenoxy) is 1. The zero-order valence-electron chi connectivity index (χ0n) is 12.4.